The molecular weight excluding hydrogens is 346 g/mol. The number of ether oxygens (including phenoxy) is 1. The molecule has 1 aliphatic carbocycles. The predicted molar refractivity (Wildman–Crippen MR) is 87.4 cm³/mol. The van der Waals surface area contributed by atoms with Gasteiger partial charge in [-0.3, -0.25) is 9.59 Å². The SMILES string of the molecule is O=C(NC1CN(C(=O)OCc2ccccc2)CCC1=O)C1CC(F)(F)C1. The summed E-state index contributed by atoms with van der Waals surface area (Å²) in [5.74, 6) is -4.35. The lowest BCUT2D eigenvalue weighted by molar-refractivity contribution is -0.152. The molecule has 1 saturated carbocycles. The van der Waals surface area contributed by atoms with E-state index in [-0.39, 0.29) is 31.9 Å². The van der Waals surface area contributed by atoms with E-state index in [0.717, 1.165) is 5.56 Å². The molecule has 1 aliphatic heterocycles. The molecule has 1 aromatic rings. The number of carbonyl (C=O) groups excluding carboxylic acids is 3. The lowest BCUT2D eigenvalue weighted by Crippen LogP contribution is -2.57. The van der Waals surface area contributed by atoms with Crippen molar-refractivity contribution in [3.8, 4) is 0 Å². The molecule has 8 heteroatoms. The Balaban J connectivity index is 1.50. The van der Waals surface area contributed by atoms with E-state index < -0.39 is 42.7 Å². The Bertz CT molecular complexity index is 688. The summed E-state index contributed by atoms with van der Waals surface area (Å²) in [4.78, 5) is 37.5. The van der Waals surface area contributed by atoms with Gasteiger partial charge < -0.3 is 15.0 Å². The summed E-state index contributed by atoms with van der Waals surface area (Å²) in [6, 6.07) is 8.29. The zero-order valence-electron chi connectivity index (χ0n) is 14.1. The van der Waals surface area contributed by atoms with Gasteiger partial charge in [0, 0.05) is 31.7 Å². The van der Waals surface area contributed by atoms with E-state index in [4.69, 9.17) is 4.74 Å². The van der Waals surface area contributed by atoms with Gasteiger partial charge in [0.15, 0.2) is 5.78 Å². The number of halogens is 2. The summed E-state index contributed by atoms with van der Waals surface area (Å²) < 4.78 is 31.0. The molecule has 1 aromatic carbocycles. The Morgan fingerprint density at radius 2 is 1.92 bits per heavy atom. The topological polar surface area (TPSA) is 75.7 Å². The summed E-state index contributed by atoms with van der Waals surface area (Å²) in [5, 5.41) is 2.50. The largest absolute Gasteiger partial charge is 0.445 e. The van der Waals surface area contributed by atoms with Crippen LogP contribution in [0.25, 0.3) is 0 Å². The van der Waals surface area contributed by atoms with E-state index in [1.54, 1.807) is 0 Å². The Hall–Kier alpha value is -2.51. The Morgan fingerprint density at radius 1 is 1.23 bits per heavy atom. The van der Waals surface area contributed by atoms with Crippen LogP contribution in [0.2, 0.25) is 0 Å². The molecular formula is C18H20F2N2O4. The maximum atomic E-state index is 12.9. The molecule has 3 rings (SSSR count). The van der Waals surface area contributed by atoms with Gasteiger partial charge in [0.2, 0.25) is 11.8 Å². The Morgan fingerprint density at radius 3 is 2.58 bits per heavy atom. The Labute approximate surface area is 149 Å². The van der Waals surface area contributed by atoms with Crippen molar-refractivity contribution in [3.05, 3.63) is 35.9 Å². The van der Waals surface area contributed by atoms with E-state index in [2.05, 4.69) is 5.32 Å². The normalized spacial score (nSPS) is 22.5. The third kappa shape index (κ3) is 4.36. The minimum absolute atomic E-state index is 0.0126. The molecule has 1 unspecified atom stereocenters. The van der Waals surface area contributed by atoms with Crippen molar-refractivity contribution < 1.29 is 27.9 Å². The number of likely N-dealkylation sites (tertiary alicyclic amines) is 1. The van der Waals surface area contributed by atoms with Crippen LogP contribution in [0.3, 0.4) is 0 Å². The van der Waals surface area contributed by atoms with Gasteiger partial charge in [-0.15, -0.1) is 0 Å². The molecule has 0 bridgehead atoms. The maximum Gasteiger partial charge on any atom is 0.410 e. The monoisotopic (exact) mass is 366 g/mol. The first-order valence-corrected chi connectivity index (χ1v) is 8.50. The number of hydrogen-bond acceptors (Lipinski definition) is 4. The van der Waals surface area contributed by atoms with Crippen LogP contribution in [0, 0.1) is 5.92 Å². The molecule has 0 radical (unpaired) electrons. The summed E-state index contributed by atoms with van der Waals surface area (Å²) in [6.07, 6.45) is -1.48. The van der Waals surface area contributed by atoms with Crippen molar-refractivity contribution in [2.24, 2.45) is 5.92 Å². The van der Waals surface area contributed by atoms with Crippen molar-refractivity contribution in [1.82, 2.24) is 10.2 Å². The van der Waals surface area contributed by atoms with Crippen molar-refractivity contribution in [3.63, 3.8) is 0 Å². The highest BCUT2D eigenvalue weighted by molar-refractivity contribution is 5.91. The van der Waals surface area contributed by atoms with Crippen LogP contribution in [0.4, 0.5) is 13.6 Å². The van der Waals surface area contributed by atoms with Gasteiger partial charge in [-0.05, 0) is 5.56 Å². The average Bonchev–Trinajstić information content (AvgIpc) is 2.60. The molecule has 140 valence electrons. The second-order valence-corrected chi connectivity index (χ2v) is 6.72. The van der Waals surface area contributed by atoms with E-state index in [0.29, 0.717) is 0 Å². The number of ketones is 1. The fourth-order valence-electron chi connectivity index (χ4n) is 3.07. The van der Waals surface area contributed by atoms with E-state index in [1.807, 2.05) is 30.3 Å². The zero-order chi connectivity index (χ0) is 18.7. The number of hydrogen-bond donors (Lipinski definition) is 1. The highest BCUT2D eigenvalue weighted by atomic mass is 19.3. The lowest BCUT2D eigenvalue weighted by atomic mass is 9.80. The van der Waals surface area contributed by atoms with Gasteiger partial charge in [0.05, 0.1) is 6.54 Å². The molecule has 0 spiro atoms. The molecule has 1 atom stereocenters. The third-order valence-electron chi connectivity index (χ3n) is 4.66. The van der Waals surface area contributed by atoms with E-state index in [1.165, 1.54) is 4.90 Å². The van der Waals surface area contributed by atoms with Gasteiger partial charge in [0.1, 0.15) is 12.6 Å². The van der Waals surface area contributed by atoms with Gasteiger partial charge >= 0.3 is 6.09 Å². The maximum absolute atomic E-state index is 12.9. The van der Waals surface area contributed by atoms with Crippen LogP contribution in [-0.2, 0) is 20.9 Å². The number of nitrogens with one attached hydrogen (secondary N) is 1. The first-order valence-electron chi connectivity index (χ1n) is 8.50. The molecule has 2 amide bonds. The number of piperidine rings is 1. The van der Waals surface area contributed by atoms with Crippen LogP contribution >= 0.6 is 0 Å². The van der Waals surface area contributed by atoms with Crippen molar-refractivity contribution in [1.29, 1.82) is 0 Å². The zero-order valence-corrected chi connectivity index (χ0v) is 14.1. The second kappa shape index (κ2) is 7.39. The highest BCUT2D eigenvalue weighted by Gasteiger charge is 2.49. The van der Waals surface area contributed by atoms with Gasteiger partial charge in [-0.1, -0.05) is 30.3 Å². The molecule has 2 aliphatic rings. The number of nitrogens with zero attached hydrogens (tertiary/aromatic N) is 1. The van der Waals surface area contributed by atoms with Crippen molar-refractivity contribution in [2.45, 2.75) is 37.8 Å². The van der Waals surface area contributed by atoms with E-state index in [9.17, 15) is 23.2 Å². The van der Waals surface area contributed by atoms with Crippen molar-refractivity contribution >= 4 is 17.8 Å². The smallest absolute Gasteiger partial charge is 0.410 e. The summed E-state index contributed by atoms with van der Waals surface area (Å²) in [7, 11) is 0. The average molecular weight is 366 g/mol. The second-order valence-electron chi connectivity index (χ2n) is 6.72. The fraction of sp³-hybridized carbons (Fsp3) is 0.500. The van der Waals surface area contributed by atoms with Crippen LogP contribution < -0.4 is 5.32 Å². The van der Waals surface area contributed by atoms with Crippen LogP contribution in [-0.4, -0.2) is 47.7 Å². The number of Topliss-reactive ketones (excluding diaryl/α,β-unsaturated/α-hetero) is 1. The minimum atomic E-state index is -2.80. The fourth-order valence-corrected chi connectivity index (χ4v) is 3.07. The number of rotatable bonds is 4. The molecule has 1 N–H and O–H groups in total. The van der Waals surface area contributed by atoms with Crippen LogP contribution in [0.1, 0.15) is 24.8 Å². The third-order valence-corrected chi connectivity index (χ3v) is 4.66. The summed E-state index contributed by atoms with van der Waals surface area (Å²) >= 11 is 0. The molecule has 1 saturated heterocycles. The van der Waals surface area contributed by atoms with Crippen LogP contribution in [0.15, 0.2) is 30.3 Å². The highest BCUT2D eigenvalue weighted by Crippen LogP contribution is 2.42. The van der Waals surface area contributed by atoms with Gasteiger partial charge in [0.25, 0.3) is 0 Å². The number of alkyl halides is 2. The number of carbonyl (C=O) groups is 3. The molecule has 0 aromatic heterocycles. The van der Waals surface area contributed by atoms with E-state index >= 15 is 0 Å². The predicted octanol–water partition coefficient (Wildman–Crippen LogP) is 2.13. The Kier molecular flexibility index (Phi) is 5.20. The minimum Gasteiger partial charge on any atom is -0.445 e. The standard InChI is InChI=1S/C18H20F2N2O4/c19-18(20)8-13(9-18)16(24)21-14-10-22(7-6-15(14)23)17(25)26-11-12-4-2-1-3-5-12/h1-5,13-14H,6-11H2,(H,21,24). The molecule has 26 heavy (non-hydrogen) atoms. The van der Waals surface area contributed by atoms with Crippen molar-refractivity contribution in [2.75, 3.05) is 13.1 Å². The quantitative estimate of drug-likeness (QED) is 0.886. The first kappa shape index (κ1) is 18.3. The lowest BCUT2D eigenvalue weighted by Gasteiger charge is -2.36. The summed E-state index contributed by atoms with van der Waals surface area (Å²) in [5.41, 5.74) is 0.838. The number of amides is 2. The van der Waals surface area contributed by atoms with Gasteiger partial charge in [-0.2, -0.15) is 0 Å². The van der Waals surface area contributed by atoms with Crippen LogP contribution in [0.5, 0.6) is 0 Å². The molecule has 2 fully saturated rings. The van der Waals surface area contributed by atoms with Gasteiger partial charge in [-0.25, -0.2) is 13.6 Å². The number of benzene rings is 1. The first-order chi connectivity index (χ1) is 12.3. The molecule has 1 heterocycles. The molecule has 6 nitrogen and oxygen atoms in total. The summed E-state index contributed by atoms with van der Waals surface area (Å²) in [6.45, 7) is 0.305.